The lowest BCUT2D eigenvalue weighted by Gasteiger charge is -2.08. The third kappa shape index (κ3) is 4.89. The van der Waals surface area contributed by atoms with Crippen LogP contribution >= 0.6 is 0 Å². The van der Waals surface area contributed by atoms with Crippen LogP contribution in [0.4, 0.5) is 0 Å². The standard InChI is InChI=1S/C14H21NO2/c1-4-15-14(16)12-5-7-13(8-6-12)17-10-9-11(2)3/h5-8,11H,4,9-10H2,1-3H3,(H,15,16). The molecule has 1 amide bonds. The molecular weight excluding hydrogens is 214 g/mol. The van der Waals surface area contributed by atoms with Gasteiger partial charge in [0.25, 0.3) is 5.91 Å². The Morgan fingerprint density at radius 1 is 1.29 bits per heavy atom. The zero-order valence-electron chi connectivity index (χ0n) is 10.8. The van der Waals surface area contributed by atoms with Gasteiger partial charge in [0, 0.05) is 12.1 Å². The summed E-state index contributed by atoms with van der Waals surface area (Å²) in [6, 6.07) is 7.25. The van der Waals surface area contributed by atoms with Crippen LogP contribution in [0.2, 0.25) is 0 Å². The second-order valence-corrected chi connectivity index (χ2v) is 4.41. The molecule has 1 aromatic carbocycles. The lowest BCUT2D eigenvalue weighted by molar-refractivity contribution is 0.0956. The van der Waals surface area contributed by atoms with Gasteiger partial charge in [-0.1, -0.05) is 13.8 Å². The van der Waals surface area contributed by atoms with Gasteiger partial charge in [0.15, 0.2) is 0 Å². The summed E-state index contributed by atoms with van der Waals surface area (Å²) in [6.45, 7) is 7.61. The highest BCUT2D eigenvalue weighted by molar-refractivity contribution is 5.94. The van der Waals surface area contributed by atoms with Gasteiger partial charge >= 0.3 is 0 Å². The van der Waals surface area contributed by atoms with E-state index in [2.05, 4.69) is 19.2 Å². The summed E-state index contributed by atoms with van der Waals surface area (Å²) >= 11 is 0. The van der Waals surface area contributed by atoms with Crippen LogP contribution in [0.1, 0.15) is 37.6 Å². The summed E-state index contributed by atoms with van der Waals surface area (Å²) in [7, 11) is 0. The summed E-state index contributed by atoms with van der Waals surface area (Å²) in [4.78, 5) is 11.5. The van der Waals surface area contributed by atoms with Crippen LogP contribution in [0.3, 0.4) is 0 Å². The van der Waals surface area contributed by atoms with Gasteiger partial charge in [0.05, 0.1) is 6.61 Å². The van der Waals surface area contributed by atoms with Gasteiger partial charge in [-0.25, -0.2) is 0 Å². The minimum absolute atomic E-state index is 0.0405. The van der Waals surface area contributed by atoms with Gasteiger partial charge in [0.1, 0.15) is 5.75 Å². The molecule has 0 spiro atoms. The van der Waals surface area contributed by atoms with Crippen molar-refractivity contribution >= 4 is 5.91 Å². The van der Waals surface area contributed by atoms with Gasteiger partial charge in [-0.3, -0.25) is 4.79 Å². The number of hydrogen-bond acceptors (Lipinski definition) is 2. The molecule has 0 aliphatic heterocycles. The average molecular weight is 235 g/mol. The summed E-state index contributed by atoms with van der Waals surface area (Å²) in [5.41, 5.74) is 0.669. The molecule has 0 bridgehead atoms. The second-order valence-electron chi connectivity index (χ2n) is 4.41. The molecule has 0 atom stereocenters. The van der Waals surface area contributed by atoms with E-state index in [-0.39, 0.29) is 5.91 Å². The third-order valence-electron chi connectivity index (χ3n) is 2.42. The van der Waals surface area contributed by atoms with Crippen LogP contribution in [0.5, 0.6) is 5.75 Å². The Morgan fingerprint density at radius 2 is 1.94 bits per heavy atom. The topological polar surface area (TPSA) is 38.3 Å². The lowest BCUT2D eigenvalue weighted by atomic mass is 10.1. The van der Waals surface area contributed by atoms with Crippen molar-refractivity contribution in [3.8, 4) is 5.75 Å². The quantitative estimate of drug-likeness (QED) is 0.823. The number of nitrogens with one attached hydrogen (secondary N) is 1. The SMILES string of the molecule is CCNC(=O)c1ccc(OCCC(C)C)cc1. The maximum atomic E-state index is 11.5. The normalized spacial score (nSPS) is 10.4. The predicted octanol–water partition coefficient (Wildman–Crippen LogP) is 2.86. The lowest BCUT2D eigenvalue weighted by Crippen LogP contribution is -2.22. The van der Waals surface area contributed by atoms with Crippen molar-refractivity contribution in [2.75, 3.05) is 13.2 Å². The minimum atomic E-state index is -0.0405. The second kappa shape index (κ2) is 6.94. The molecule has 94 valence electrons. The van der Waals surface area contributed by atoms with Gasteiger partial charge in [0.2, 0.25) is 0 Å². The number of hydrogen-bond donors (Lipinski definition) is 1. The van der Waals surface area contributed by atoms with Crippen LogP contribution in [-0.4, -0.2) is 19.1 Å². The van der Waals surface area contributed by atoms with Crippen molar-refractivity contribution in [1.82, 2.24) is 5.32 Å². The zero-order chi connectivity index (χ0) is 12.7. The first-order valence-corrected chi connectivity index (χ1v) is 6.14. The third-order valence-corrected chi connectivity index (χ3v) is 2.42. The molecule has 0 radical (unpaired) electrons. The average Bonchev–Trinajstić information content (AvgIpc) is 2.30. The van der Waals surface area contributed by atoms with E-state index in [4.69, 9.17) is 4.74 Å². The summed E-state index contributed by atoms with van der Waals surface area (Å²) in [5.74, 6) is 1.42. The fourth-order valence-corrected chi connectivity index (χ4v) is 1.38. The van der Waals surface area contributed by atoms with E-state index in [9.17, 15) is 4.79 Å². The highest BCUT2D eigenvalue weighted by Crippen LogP contribution is 2.13. The van der Waals surface area contributed by atoms with E-state index >= 15 is 0 Å². The number of ether oxygens (including phenoxy) is 1. The minimum Gasteiger partial charge on any atom is -0.494 e. The maximum Gasteiger partial charge on any atom is 0.251 e. The summed E-state index contributed by atoms with van der Waals surface area (Å²) < 4.78 is 5.58. The van der Waals surface area contributed by atoms with E-state index in [1.165, 1.54) is 0 Å². The van der Waals surface area contributed by atoms with Crippen LogP contribution in [0.15, 0.2) is 24.3 Å². The fourth-order valence-electron chi connectivity index (χ4n) is 1.38. The first-order valence-electron chi connectivity index (χ1n) is 6.14. The molecule has 0 aliphatic carbocycles. The van der Waals surface area contributed by atoms with E-state index in [0.717, 1.165) is 18.8 Å². The number of rotatable bonds is 6. The number of carbonyl (C=O) groups is 1. The van der Waals surface area contributed by atoms with Crippen molar-refractivity contribution in [3.05, 3.63) is 29.8 Å². The monoisotopic (exact) mass is 235 g/mol. The van der Waals surface area contributed by atoms with E-state index in [0.29, 0.717) is 18.0 Å². The van der Waals surface area contributed by atoms with Crippen LogP contribution < -0.4 is 10.1 Å². The molecular formula is C14H21NO2. The van der Waals surface area contributed by atoms with E-state index < -0.39 is 0 Å². The van der Waals surface area contributed by atoms with Gasteiger partial charge in [-0.2, -0.15) is 0 Å². The number of carbonyl (C=O) groups excluding carboxylic acids is 1. The summed E-state index contributed by atoms with van der Waals surface area (Å²) in [6.07, 6.45) is 1.04. The molecule has 1 rings (SSSR count). The Labute approximate surface area is 103 Å². The highest BCUT2D eigenvalue weighted by Gasteiger charge is 2.03. The molecule has 3 heteroatoms. The Kier molecular flexibility index (Phi) is 5.53. The van der Waals surface area contributed by atoms with Crippen LogP contribution in [-0.2, 0) is 0 Å². The molecule has 0 unspecified atom stereocenters. The van der Waals surface area contributed by atoms with E-state index in [1.54, 1.807) is 12.1 Å². The number of amides is 1. The van der Waals surface area contributed by atoms with Crippen molar-refractivity contribution in [1.29, 1.82) is 0 Å². The van der Waals surface area contributed by atoms with Crippen LogP contribution in [0.25, 0.3) is 0 Å². The molecule has 0 aliphatic rings. The molecule has 1 aromatic rings. The van der Waals surface area contributed by atoms with Gasteiger partial charge in [-0.05, 0) is 43.5 Å². The Bertz CT molecular complexity index is 344. The van der Waals surface area contributed by atoms with Crippen molar-refractivity contribution in [2.45, 2.75) is 27.2 Å². The highest BCUT2D eigenvalue weighted by atomic mass is 16.5. The molecule has 0 saturated heterocycles. The number of benzene rings is 1. The molecule has 0 fully saturated rings. The molecule has 0 saturated carbocycles. The first kappa shape index (κ1) is 13.6. The van der Waals surface area contributed by atoms with Crippen molar-refractivity contribution in [2.24, 2.45) is 5.92 Å². The van der Waals surface area contributed by atoms with Gasteiger partial charge in [-0.15, -0.1) is 0 Å². The first-order chi connectivity index (χ1) is 8.13. The summed E-state index contributed by atoms with van der Waals surface area (Å²) in [5, 5.41) is 2.76. The zero-order valence-corrected chi connectivity index (χ0v) is 10.8. The smallest absolute Gasteiger partial charge is 0.251 e. The van der Waals surface area contributed by atoms with E-state index in [1.807, 2.05) is 19.1 Å². The fraction of sp³-hybridized carbons (Fsp3) is 0.500. The van der Waals surface area contributed by atoms with Gasteiger partial charge < -0.3 is 10.1 Å². The van der Waals surface area contributed by atoms with Crippen molar-refractivity contribution < 1.29 is 9.53 Å². The molecule has 3 nitrogen and oxygen atoms in total. The largest absolute Gasteiger partial charge is 0.494 e. The van der Waals surface area contributed by atoms with Crippen LogP contribution in [0, 0.1) is 5.92 Å². The molecule has 17 heavy (non-hydrogen) atoms. The van der Waals surface area contributed by atoms with Crippen molar-refractivity contribution in [3.63, 3.8) is 0 Å². The molecule has 0 aromatic heterocycles. The Balaban J connectivity index is 2.47. The Morgan fingerprint density at radius 3 is 2.47 bits per heavy atom. The molecule has 0 heterocycles. The Hall–Kier alpha value is -1.51. The predicted molar refractivity (Wildman–Crippen MR) is 69.4 cm³/mol. The molecule has 1 N–H and O–H groups in total. The maximum absolute atomic E-state index is 11.5.